The Kier molecular flexibility index (Phi) is 4.81. The summed E-state index contributed by atoms with van der Waals surface area (Å²) in [5.74, 6) is -0.563. The SMILES string of the molecule is CC1=C(C(=O)Nc2cccc(C)c2)[C@H](c2ccc(F)cc2)NC(=S)N1. The van der Waals surface area contributed by atoms with Gasteiger partial charge >= 0.3 is 0 Å². The Hall–Kier alpha value is -2.73. The van der Waals surface area contributed by atoms with Gasteiger partial charge < -0.3 is 16.0 Å². The maximum absolute atomic E-state index is 13.2. The maximum Gasteiger partial charge on any atom is 0.255 e. The Labute approximate surface area is 151 Å². The van der Waals surface area contributed by atoms with Crippen LogP contribution in [0.15, 0.2) is 59.8 Å². The van der Waals surface area contributed by atoms with Crippen molar-refractivity contribution in [1.82, 2.24) is 10.6 Å². The van der Waals surface area contributed by atoms with Crippen LogP contribution in [0.4, 0.5) is 10.1 Å². The first kappa shape index (κ1) is 17.1. The topological polar surface area (TPSA) is 53.2 Å². The molecule has 0 bridgehead atoms. The van der Waals surface area contributed by atoms with Crippen LogP contribution in [0.25, 0.3) is 0 Å². The predicted molar refractivity (Wildman–Crippen MR) is 101 cm³/mol. The van der Waals surface area contributed by atoms with E-state index in [1.807, 2.05) is 31.2 Å². The lowest BCUT2D eigenvalue weighted by Gasteiger charge is -2.30. The molecule has 1 aliphatic heterocycles. The standard InChI is InChI=1S/C19H18FN3OS/c1-11-4-3-5-15(10-11)22-18(24)16-12(2)21-19(25)23-17(16)13-6-8-14(20)9-7-13/h3-10,17H,1-2H3,(H,22,24)(H2,21,23,25)/t17-/m0/s1. The summed E-state index contributed by atoms with van der Waals surface area (Å²) in [7, 11) is 0. The van der Waals surface area contributed by atoms with E-state index >= 15 is 0 Å². The molecule has 1 atom stereocenters. The van der Waals surface area contributed by atoms with Crippen LogP contribution < -0.4 is 16.0 Å². The largest absolute Gasteiger partial charge is 0.351 e. The molecule has 25 heavy (non-hydrogen) atoms. The van der Waals surface area contributed by atoms with Crippen molar-refractivity contribution >= 4 is 28.9 Å². The first-order valence-corrected chi connectivity index (χ1v) is 8.26. The molecular formula is C19H18FN3OS. The highest BCUT2D eigenvalue weighted by Gasteiger charge is 2.29. The Balaban J connectivity index is 1.94. The van der Waals surface area contributed by atoms with Gasteiger partial charge in [0.2, 0.25) is 0 Å². The number of carbonyl (C=O) groups is 1. The van der Waals surface area contributed by atoms with Gasteiger partial charge in [-0.15, -0.1) is 0 Å². The molecule has 3 N–H and O–H groups in total. The number of allylic oxidation sites excluding steroid dienone is 1. The number of aryl methyl sites for hydroxylation is 1. The minimum absolute atomic E-state index is 0.236. The van der Waals surface area contributed by atoms with E-state index in [1.165, 1.54) is 12.1 Å². The molecule has 0 radical (unpaired) electrons. The van der Waals surface area contributed by atoms with E-state index in [0.29, 0.717) is 16.4 Å². The van der Waals surface area contributed by atoms with Gasteiger partial charge in [-0.1, -0.05) is 24.3 Å². The van der Waals surface area contributed by atoms with E-state index in [2.05, 4.69) is 16.0 Å². The van der Waals surface area contributed by atoms with Gasteiger partial charge in [-0.3, -0.25) is 4.79 Å². The van der Waals surface area contributed by atoms with Gasteiger partial charge in [0.15, 0.2) is 5.11 Å². The third kappa shape index (κ3) is 3.85. The smallest absolute Gasteiger partial charge is 0.255 e. The molecule has 128 valence electrons. The number of hydrogen-bond acceptors (Lipinski definition) is 2. The fraction of sp³-hybridized carbons (Fsp3) is 0.158. The molecule has 2 aromatic carbocycles. The molecule has 0 saturated carbocycles. The molecule has 3 rings (SSSR count). The quantitative estimate of drug-likeness (QED) is 0.737. The van der Waals surface area contributed by atoms with Gasteiger partial charge in [0.05, 0.1) is 11.6 Å². The summed E-state index contributed by atoms with van der Waals surface area (Å²) in [6.07, 6.45) is 0. The van der Waals surface area contributed by atoms with E-state index in [1.54, 1.807) is 19.1 Å². The highest BCUT2D eigenvalue weighted by atomic mass is 32.1. The van der Waals surface area contributed by atoms with Crippen LogP contribution in [0.3, 0.4) is 0 Å². The van der Waals surface area contributed by atoms with Crippen molar-refractivity contribution in [3.63, 3.8) is 0 Å². The molecule has 0 aromatic heterocycles. The number of hydrogen-bond donors (Lipinski definition) is 3. The molecule has 4 nitrogen and oxygen atoms in total. The van der Waals surface area contributed by atoms with Crippen molar-refractivity contribution in [1.29, 1.82) is 0 Å². The van der Waals surface area contributed by atoms with Crippen LogP contribution in [0.1, 0.15) is 24.1 Å². The van der Waals surface area contributed by atoms with Gasteiger partial charge in [0.25, 0.3) is 5.91 Å². The normalized spacial score (nSPS) is 16.9. The van der Waals surface area contributed by atoms with E-state index in [-0.39, 0.29) is 11.7 Å². The zero-order valence-electron chi connectivity index (χ0n) is 13.9. The number of anilines is 1. The Morgan fingerprint density at radius 3 is 2.56 bits per heavy atom. The zero-order valence-corrected chi connectivity index (χ0v) is 14.7. The first-order valence-electron chi connectivity index (χ1n) is 7.86. The highest BCUT2D eigenvalue weighted by Crippen LogP contribution is 2.28. The van der Waals surface area contributed by atoms with E-state index in [4.69, 9.17) is 12.2 Å². The Morgan fingerprint density at radius 1 is 1.16 bits per heavy atom. The van der Waals surface area contributed by atoms with Gasteiger partial charge in [0.1, 0.15) is 5.82 Å². The maximum atomic E-state index is 13.2. The highest BCUT2D eigenvalue weighted by molar-refractivity contribution is 7.80. The fourth-order valence-electron chi connectivity index (χ4n) is 2.82. The lowest BCUT2D eigenvalue weighted by molar-refractivity contribution is -0.113. The second-order valence-corrected chi connectivity index (χ2v) is 6.35. The molecule has 0 aliphatic carbocycles. The van der Waals surface area contributed by atoms with E-state index < -0.39 is 6.04 Å². The lowest BCUT2D eigenvalue weighted by Crippen LogP contribution is -2.45. The second kappa shape index (κ2) is 7.03. The molecule has 0 saturated heterocycles. The van der Waals surface area contributed by atoms with Crippen molar-refractivity contribution in [3.05, 3.63) is 76.7 Å². The van der Waals surface area contributed by atoms with Crippen LogP contribution in [0.5, 0.6) is 0 Å². The number of amides is 1. The first-order chi connectivity index (χ1) is 11.9. The summed E-state index contributed by atoms with van der Waals surface area (Å²) in [5.41, 5.74) is 3.72. The van der Waals surface area contributed by atoms with Gasteiger partial charge in [-0.2, -0.15) is 0 Å². The van der Waals surface area contributed by atoms with E-state index in [9.17, 15) is 9.18 Å². The van der Waals surface area contributed by atoms with Crippen molar-refractivity contribution in [3.8, 4) is 0 Å². The zero-order chi connectivity index (χ0) is 18.0. The van der Waals surface area contributed by atoms with Crippen LogP contribution >= 0.6 is 12.2 Å². The number of rotatable bonds is 3. The Morgan fingerprint density at radius 2 is 1.88 bits per heavy atom. The molecular weight excluding hydrogens is 337 g/mol. The summed E-state index contributed by atoms with van der Waals surface area (Å²) >= 11 is 5.21. The average Bonchev–Trinajstić information content (AvgIpc) is 2.54. The number of nitrogens with one attached hydrogen (secondary N) is 3. The van der Waals surface area contributed by atoms with Crippen LogP contribution in [-0.2, 0) is 4.79 Å². The van der Waals surface area contributed by atoms with Gasteiger partial charge in [-0.05, 0) is 61.5 Å². The molecule has 0 fully saturated rings. The number of carbonyl (C=O) groups excluding carboxylic acids is 1. The molecule has 0 spiro atoms. The van der Waals surface area contributed by atoms with Crippen LogP contribution in [-0.4, -0.2) is 11.0 Å². The summed E-state index contributed by atoms with van der Waals surface area (Å²) in [6, 6.07) is 13.2. The summed E-state index contributed by atoms with van der Waals surface area (Å²) < 4.78 is 13.2. The van der Waals surface area contributed by atoms with Crippen molar-refractivity contribution in [2.45, 2.75) is 19.9 Å². The molecule has 6 heteroatoms. The number of benzene rings is 2. The molecule has 1 aliphatic rings. The average molecular weight is 355 g/mol. The van der Waals surface area contributed by atoms with Gasteiger partial charge in [0, 0.05) is 11.4 Å². The van der Waals surface area contributed by atoms with Crippen molar-refractivity contribution in [2.24, 2.45) is 0 Å². The van der Waals surface area contributed by atoms with Crippen molar-refractivity contribution < 1.29 is 9.18 Å². The summed E-state index contributed by atoms with van der Waals surface area (Å²) in [6.45, 7) is 3.76. The summed E-state index contributed by atoms with van der Waals surface area (Å²) in [4.78, 5) is 12.9. The second-order valence-electron chi connectivity index (χ2n) is 5.95. The van der Waals surface area contributed by atoms with E-state index in [0.717, 1.165) is 16.8 Å². The third-order valence-electron chi connectivity index (χ3n) is 3.99. The van der Waals surface area contributed by atoms with Gasteiger partial charge in [-0.25, -0.2) is 4.39 Å². The monoisotopic (exact) mass is 355 g/mol. The molecule has 1 amide bonds. The van der Waals surface area contributed by atoms with Crippen molar-refractivity contribution in [2.75, 3.05) is 5.32 Å². The minimum Gasteiger partial charge on any atom is -0.351 e. The molecule has 1 heterocycles. The predicted octanol–water partition coefficient (Wildman–Crippen LogP) is 3.57. The lowest BCUT2D eigenvalue weighted by atomic mass is 9.95. The molecule has 0 unspecified atom stereocenters. The summed E-state index contributed by atoms with van der Waals surface area (Å²) in [5, 5.41) is 9.42. The third-order valence-corrected chi connectivity index (χ3v) is 4.21. The van der Waals surface area contributed by atoms with Crippen LogP contribution in [0.2, 0.25) is 0 Å². The minimum atomic E-state index is -0.445. The molecule has 2 aromatic rings. The van der Waals surface area contributed by atoms with Crippen LogP contribution in [0, 0.1) is 12.7 Å². The fourth-order valence-corrected chi connectivity index (χ4v) is 3.09. The Bertz CT molecular complexity index is 861. The number of halogens is 1. The number of thiocarbonyl (C=S) groups is 1.